The van der Waals surface area contributed by atoms with Crippen molar-refractivity contribution in [3.8, 4) is 0 Å². The number of rotatable bonds is 4. The van der Waals surface area contributed by atoms with Crippen molar-refractivity contribution >= 4 is 28.8 Å². The summed E-state index contributed by atoms with van der Waals surface area (Å²) in [5.41, 5.74) is 6.75. The fourth-order valence-electron chi connectivity index (χ4n) is 6.04. The molecule has 2 bridgehead atoms. The van der Waals surface area contributed by atoms with E-state index in [2.05, 4.69) is 60.7 Å². The highest BCUT2D eigenvalue weighted by Crippen LogP contribution is 2.59. The van der Waals surface area contributed by atoms with Gasteiger partial charge in [0.1, 0.15) is 0 Å². The van der Waals surface area contributed by atoms with Crippen LogP contribution in [0, 0.1) is 47.6 Å². The zero-order valence-corrected chi connectivity index (χ0v) is 19.9. The monoisotopic (exact) mass is 476 g/mol. The Balaban J connectivity index is 1.47. The highest BCUT2D eigenvalue weighted by Gasteiger charge is 2.62. The summed E-state index contributed by atoms with van der Waals surface area (Å²) in [6.45, 7) is 4.10. The molecule has 3 aliphatic rings. The first-order chi connectivity index (χ1) is 17.3. The maximum absolute atomic E-state index is 13.7. The van der Waals surface area contributed by atoms with Gasteiger partial charge in [0.05, 0.1) is 22.4 Å². The molecule has 1 aliphatic heterocycles. The average Bonchev–Trinajstić information content (AvgIpc) is 3.50. The van der Waals surface area contributed by atoms with Gasteiger partial charge in [-0.2, -0.15) is 0 Å². The first-order valence-corrected chi connectivity index (χ1v) is 12.0. The van der Waals surface area contributed by atoms with E-state index in [1.54, 1.807) is 6.07 Å². The molecule has 3 aromatic rings. The summed E-state index contributed by atoms with van der Waals surface area (Å²) >= 11 is 0. The molecule has 178 valence electrons. The highest BCUT2D eigenvalue weighted by atomic mass is 16.6. The molecule has 2 fully saturated rings. The number of benzene rings is 3. The summed E-state index contributed by atoms with van der Waals surface area (Å²) in [5.74, 6) is -1.98. The van der Waals surface area contributed by atoms with Gasteiger partial charge >= 0.3 is 0 Å². The number of amides is 2. The van der Waals surface area contributed by atoms with Gasteiger partial charge in [0.25, 0.3) is 5.69 Å². The molecule has 1 heterocycles. The van der Waals surface area contributed by atoms with Crippen LogP contribution in [0.3, 0.4) is 0 Å². The molecule has 2 aliphatic carbocycles. The number of hydrogen-bond donors (Lipinski definition) is 0. The standard InChI is InChI=1S/C30H24N2O4/c1-17-6-10-19(11-7-17)25(20-12-8-18(2)9-13-20)26-23-14-15-24(26)28-27(23)29(33)31(30(28)34)21-4-3-5-22(16-21)32(35)36/h3-16,23-24,27-28H,1-2H3. The minimum atomic E-state index is -0.517. The number of nitro benzene ring substituents is 1. The Bertz CT molecular complexity index is 1400. The van der Waals surface area contributed by atoms with Crippen molar-refractivity contribution in [3.63, 3.8) is 0 Å². The van der Waals surface area contributed by atoms with Crippen LogP contribution in [0.25, 0.3) is 5.57 Å². The third-order valence-electron chi connectivity index (χ3n) is 7.68. The Kier molecular flexibility index (Phi) is 5.00. The number of carbonyl (C=O) groups is 2. The predicted octanol–water partition coefficient (Wildman–Crippen LogP) is 5.64. The van der Waals surface area contributed by atoms with Crippen LogP contribution in [-0.4, -0.2) is 16.7 Å². The molecular weight excluding hydrogens is 452 g/mol. The highest BCUT2D eigenvalue weighted by molar-refractivity contribution is 6.23. The second-order valence-corrected chi connectivity index (χ2v) is 9.84. The van der Waals surface area contributed by atoms with Crippen LogP contribution in [0.5, 0.6) is 0 Å². The van der Waals surface area contributed by atoms with E-state index in [0.29, 0.717) is 0 Å². The molecule has 6 nitrogen and oxygen atoms in total. The molecular formula is C30H24N2O4. The van der Waals surface area contributed by atoms with Gasteiger partial charge in [-0.05, 0) is 42.2 Å². The number of imide groups is 1. The minimum Gasteiger partial charge on any atom is -0.274 e. The number of aryl methyl sites for hydroxylation is 2. The molecule has 36 heavy (non-hydrogen) atoms. The number of hydrogen-bond acceptors (Lipinski definition) is 4. The first-order valence-electron chi connectivity index (χ1n) is 12.0. The zero-order chi connectivity index (χ0) is 25.1. The summed E-state index contributed by atoms with van der Waals surface area (Å²) in [7, 11) is 0. The van der Waals surface area contributed by atoms with E-state index >= 15 is 0 Å². The van der Waals surface area contributed by atoms with Crippen molar-refractivity contribution in [2.75, 3.05) is 4.90 Å². The average molecular weight is 477 g/mol. The van der Waals surface area contributed by atoms with Gasteiger partial charge in [-0.3, -0.25) is 19.7 Å². The van der Waals surface area contributed by atoms with Crippen LogP contribution in [0.4, 0.5) is 11.4 Å². The van der Waals surface area contributed by atoms with Crippen molar-refractivity contribution in [2.24, 2.45) is 23.7 Å². The van der Waals surface area contributed by atoms with Crippen LogP contribution < -0.4 is 4.90 Å². The fraction of sp³-hybridized carbons (Fsp3) is 0.200. The molecule has 6 heteroatoms. The minimum absolute atomic E-state index is 0.145. The molecule has 0 aromatic heterocycles. The third kappa shape index (κ3) is 3.25. The number of anilines is 1. The Hall–Kier alpha value is -4.32. The van der Waals surface area contributed by atoms with Crippen molar-refractivity contribution < 1.29 is 14.5 Å². The zero-order valence-electron chi connectivity index (χ0n) is 19.9. The van der Waals surface area contributed by atoms with E-state index in [1.807, 2.05) is 13.8 Å². The van der Waals surface area contributed by atoms with Gasteiger partial charge < -0.3 is 0 Å². The Labute approximate surface area is 208 Å². The predicted molar refractivity (Wildman–Crippen MR) is 137 cm³/mol. The molecule has 4 unspecified atom stereocenters. The molecule has 1 saturated heterocycles. The van der Waals surface area contributed by atoms with Gasteiger partial charge in [-0.15, -0.1) is 0 Å². The topological polar surface area (TPSA) is 80.5 Å². The molecule has 3 aromatic carbocycles. The van der Waals surface area contributed by atoms with Crippen molar-refractivity contribution in [1.29, 1.82) is 0 Å². The second-order valence-electron chi connectivity index (χ2n) is 9.84. The van der Waals surface area contributed by atoms with Crippen molar-refractivity contribution in [2.45, 2.75) is 13.8 Å². The van der Waals surface area contributed by atoms with Gasteiger partial charge in [-0.25, -0.2) is 4.90 Å². The summed E-state index contributed by atoms with van der Waals surface area (Å²) in [4.78, 5) is 39.3. The third-order valence-corrected chi connectivity index (χ3v) is 7.68. The number of fused-ring (bicyclic) bond motifs is 5. The summed E-state index contributed by atoms with van der Waals surface area (Å²) in [6.07, 6.45) is 4.12. The van der Waals surface area contributed by atoms with E-state index in [9.17, 15) is 19.7 Å². The summed E-state index contributed by atoms with van der Waals surface area (Å²) in [6, 6.07) is 22.5. The molecule has 2 amide bonds. The quantitative estimate of drug-likeness (QED) is 0.211. The number of allylic oxidation sites excluding steroid dienone is 3. The van der Waals surface area contributed by atoms with Crippen LogP contribution in [0.2, 0.25) is 0 Å². The van der Waals surface area contributed by atoms with E-state index in [-0.39, 0.29) is 35.0 Å². The summed E-state index contributed by atoms with van der Waals surface area (Å²) in [5, 5.41) is 11.3. The largest absolute Gasteiger partial charge is 0.274 e. The lowest BCUT2D eigenvalue weighted by atomic mass is 9.85. The van der Waals surface area contributed by atoms with Crippen molar-refractivity contribution in [3.05, 3.63) is 123 Å². The lowest BCUT2D eigenvalue weighted by Gasteiger charge is -2.21. The molecule has 6 rings (SSSR count). The lowest BCUT2D eigenvalue weighted by molar-refractivity contribution is -0.384. The number of non-ortho nitro benzene ring substituents is 1. The van der Waals surface area contributed by atoms with Crippen LogP contribution in [-0.2, 0) is 9.59 Å². The van der Waals surface area contributed by atoms with Crippen molar-refractivity contribution in [1.82, 2.24) is 0 Å². The Morgan fingerprint density at radius 1 is 0.778 bits per heavy atom. The van der Waals surface area contributed by atoms with Crippen LogP contribution >= 0.6 is 0 Å². The van der Waals surface area contributed by atoms with Gasteiger partial charge in [0.2, 0.25) is 11.8 Å². The Morgan fingerprint density at radius 3 is 1.75 bits per heavy atom. The van der Waals surface area contributed by atoms with Crippen LogP contribution in [0.1, 0.15) is 22.3 Å². The molecule has 1 saturated carbocycles. The Morgan fingerprint density at radius 2 is 1.28 bits per heavy atom. The number of nitrogens with zero attached hydrogens (tertiary/aromatic N) is 2. The van der Waals surface area contributed by atoms with Gasteiger partial charge in [0, 0.05) is 24.0 Å². The summed E-state index contributed by atoms with van der Waals surface area (Å²) < 4.78 is 0. The van der Waals surface area contributed by atoms with Crippen LogP contribution in [0.15, 0.2) is 90.5 Å². The fourth-order valence-corrected chi connectivity index (χ4v) is 6.04. The van der Waals surface area contributed by atoms with Gasteiger partial charge in [0.15, 0.2) is 0 Å². The first kappa shape index (κ1) is 22.2. The lowest BCUT2D eigenvalue weighted by Crippen LogP contribution is -2.33. The number of nitro groups is 1. The molecule has 0 radical (unpaired) electrons. The smallest absolute Gasteiger partial charge is 0.271 e. The van der Waals surface area contributed by atoms with Gasteiger partial charge in [-0.1, -0.05) is 77.9 Å². The van der Waals surface area contributed by atoms with E-state index in [1.165, 1.54) is 18.2 Å². The maximum atomic E-state index is 13.7. The number of carbonyl (C=O) groups excluding carboxylic acids is 2. The van der Waals surface area contributed by atoms with E-state index < -0.39 is 16.8 Å². The molecule has 0 spiro atoms. The second kappa shape index (κ2) is 8.12. The normalized spacial score (nSPS) is 23.9. The molecule has 0 N–H and O–H groups in total. The SMILES string of the molecule is Cc1ccc(C(=C2C3C=CC2C2C(=O)N(c4cccc([N+](=O)[O-])c4)C(=O)C32)c2ccc(C)cc2)cc1. The maximum Gasteiger partial charge on any atom is 0.271 e. The van der Waals surface area contributed by atoms with E-state index in [4.69, 9.17) is 0 Å². The molecule has 4 atom stereocenters. The van der Waals surface area contributed by atoms with E-state index in [0.717, 1.165) is 38.3 Å².